The number of sulfonamides is 1. The van der Waals surface area contributed by atoms with E-state index in [1.165, 1.54) is 25.9 Å². The number of aromatic nitrogens is 4. The fraction of sp³-hybridized carbons (Fsp3) is 0.368. The Morgan fingerprint density at radius 2 is 1.75 bits per heavy atom. The van der Waals surface area contributed by atoms with Crippen molar-refractivity contribution in [2.45, 2.75) is 25.7 Å². The van der Waals surface area contributed by atoms with E-state index in [-0.39, 0.29) is 42.6 Å². The van der Waals surface area contributed by atoms with Crippen LogP contribution in [0.25, 0.3) is 5.78 Å². The first kappa shape index (κ1) is 21.8. The largest absolute Gasteiger partial charge is 0.333 e. The molecule has 32 heavy (non-hydrogen) atoms. The molecule has 3 aromatic rings. The van der Waals surface area contributed by atoms with E-state index in [2.05, 4.69) is 15.1 Å². The lowest BCUT2D eigenvalue weighted by Crippen LogP contribution is -2.50. The third-order valence-corrected chi connectivity index (χ3v) is 7.38. The molecule has 4 rings (SSSR count). The maximum absolute atomic E-state index is 13.1. The number of piperazine rings is 1. The summed E-state index contributed by atoms with van der Waals surface area (Å²) in [4.78, 5) is 33.2. The van der Waals surface area contributed by atoms with Gasteiger partial charge in [-0.1, -0.05) is 6.07 Å². The van der Waals surface area contributed by atoms with Crippen molar-refractivity contribution in [3.63, 3.8) is 0 Å². The predicted octanol–water partition coefficient (Wildman–Crippen LogP) is 1.10. The summed E-state index contributed by atoms with van der Waals surface area (Å²) in [5, 5.41) is 15.3. The smallest absolute Gasteiger partial charge is 0.293 e. The van der Waals surface area contributed by atoms with Gasteiger partial charge in [-0.05, 0) is 32.4 Å². The molecule has 1 fully saturated rings. The molecule has 2 aromatic heterocycles. The van der Waals surface area contributed by atoms with Crippen molar-refractivity contribution in [1.29, 1.82) is 0 Å². The normalized spacial score (nSPS) is 15.3. The minimum Gasteiger partial charge on any atom is -0.333 e. The Kier molecular flexibility index (Phi) is 5.38. The summed E-state index contributed by atoms with van der Waals surface area (Å²) in [7, 11) is -3.95. The Morgan fingerprint density at radius 3 is 2.41 bits per heavy atom. The van der Waals surface area contributed by atoms with E-state index in [1.807, 2.05) is 19.9 Å². The topological polar surface area (TPSA) is 144 Å². The SMILES string of the molecule is Cc1cc(C)n2nc(C(=O)N3CCN(S(=O)(=O)c4cc([N+](=O)[O-])ccc4C)CC3)nc2n1. The molecule has 0 N–H and O–H groups in total. The number of hydrogen-bond acceptors (Lipinski definition) is 8. The molecule has 168 valence electrons. The number of benzene rings is 1. The highest BCUT2D eigenvalue weighted by atomic mass is 32.2. The van der Waals surface area contributed by atoms with E-state index in [0.29, 0.717) is 11.3 Å². The number of fused-ring (bicyclic) bond motifs is 1. The standard InChI is InChI=1S/C19H21N7O5S/c1-12-4-5-15(26(28)29)11-16(12)32(30,31)24-8-6-23(7-9-24)18(27)17-21-19-20-13(2)10-14(3)25(19)22-17/h4-5,10-11H,6-9H2,1-3H3. The zero-order valence-corrected chi connectivity index (χ0v) is 18.5. The Labute approximate surface area is 183 Å². The monoisotopic (exact) mass is 459 g/mol. The van der Waals surface area contributed by atoms with Crippen molar-refractivity contribution in [2.24, 2.45) is 0 Å². The lowest BCUT2D eigenvalue weighted by molar-refractivity contribution is -0.385. The van der Waals surface area contributed by atoms with Crippen LogP contribution in [0.3, 0.4) is 0 Å². The van der Waals surface area contributed by atoms with Gasteiger partial charge in [0.15, 0.2) is 0 Å². The Hall–Kier alpha value is -3.45. The molecule has 1 saturated heterocycles. The quantitative estimate of drug-likeness (QED) is 0.417. The zero-order valence-electron chi connectivity index (χ0n) is 17.7. The van der Waals surface area contributed by atoms with Crippen LogP contribution >= 0.6 is 0 Å². The molecule has 0 unspecified atom stereocenters. The molecule has 12 nitrogen and oxygen atoms in total. The van der Waals surface area contributed by atoms with Crippen molar-refractivity contribution >= 4 is 27.4 Å². The third-order valence-electron chi connectivity index (χ3n) is 5.34. The Morgan fingerprint density at radius 1 is 1.06 bits per heavy atom. The number of carbonyl (C=O) groups excluding carboxylic acids is 1. The fourth-order valence-electron chi connectivity index (χ4n) is 3.65. The maximum Gasteiger partial charge on any atom is 0.293 e. The number of carbonyl (C=O) groups is 1. The molecule has 1 aliphatic rings. The van der Waals surface area contributed by atoms with Crippen LogP contribution in [0.2, 0.25) is 0 Å². The first-order valence-electron chi connectivity index (χ1n) is 9.83. The molecule has 3 heterocycles. The van der Waals surface area contributed by atoms with E-state index in [0.717, 1.165) is 17.5 Å². The van der Waals surface area contributed by atoms with Crippen molar-refractivity contribution in [3.8, 4) is 0 Å². The van der Waals surface area contributed by atoms with Crippen molar-refractivity contribution in [3.05, 3.63) is 57.2 Å². The van der Waals surface area contributed by atoms with Crippen LogP contribution in [0.15, 0.2) is 29.2 Å². The molecule has 0 bridgehead atoms. The molecule has 1 aliphatic heterocycles. The number of nitro benzene ring substituents is 1. The molecule has 0 radical (unpaired) electrons. The van der Waals surface area contributed by atoms with Crippen LogP contribution in [0.1, 0.15) is 27.6 Å². The van der Waals surface area contributed by atoms with E-state index >= 15 is 0 Å². The molecule has 0 atom stereocenters. The van der Waals surface area contributed by atoms with Gasteiger partial charge in [0.25, 0.3) is 17.4 Å². The molecule has 1 aromatic carbocycles. The summed E-state index contributed by atoms with van der Waals surface area (Å²) < 4.78 is 28.9. The van der Waals surface area contributed by atoms with Gasteiger partial charge in [-0.3, -0.25) is 14.9 Å². The van der Waals surface area contributed by atoms with E-state index in [1.54, 1.807) is 6.92 Å². The average molecular weight is 459 g/mol. The second-order valence-electron chi connectivity index (χ2n) is 7.59. The number of amides is 1. The average Bonchev–Trinajstić information content (AvgIpc) is 3.17. The first-order chi connectivity index (χ1) is 15.1. The van der Waals surface area contributed by atoms with Crippen LogP contribution in [-0.2, 0) is 10.0 Å². The second kappa shape index (κ2) is 7.91. The van der Waals surface area contributed by atoms with Gasteiger partial charge in [0.1, 0.15) is 0 Å². The summed E-state index contributed by atoms with van der Waals surface area (Å²) in [6, 6.07) is 5.58. The summed E-state index contributed by atoms with van der Waals surface area (Å²) in [5.74, 6) is -0.0821. The van der Waals surface area contributed by atoms with Gasteiger partial charge >= 0.3 is 0 Å². The molecule has 1 amide bonds. The highest BCUT2D eigenvalue weighted by Gasteiger charge is 2.33. The number of rotatable bonds is 4. The predicted molar refractivity (Wildman–Crippen MR) is 113 cm³/mol. The van der Waals surface area contributed by atoms with Gasteiger partial charge in [-0.2, -0.15) is 9.29 Å². The molecule has 0 saturated carbocycles. The van der Waals surface area contributed by atoms with E-state index < -0.39 is 20.9 Å². The van der Waals surface area contributed by atoms with Gasteiger partial charge in [-0.25, -0.2) is 17.9 Å². The van der Waals surface area contributed by atoms with Gasteiger partial charge in [-0.15, -0.1) is 5.10 Å². The molecular formula is C19H21N7O5S. The summed E-state index contributed by atoms with van der Waals surface area (Å²) in [6.07, 6.45) is 0. The first-order valence-corrected chi connectivity index (χ1v) is 11.3. The lowest BCUT2D eigenvalue weighted by atomic mass is 10.2. The van der Waals surface area contributed by atoms with Gasteiger partial charge < -0.3 is 4.90 Å². The lowest BCUT2D eigenvalue weighted by Gasteiger charge is -2.33. The van der Waals surface area contributed by atoms with Crippen LogP contribution in [0.5, 0.6) is 0 Å². The molecule has 13 heteroatoms. The van der Waals surface area contributed by atoms with Crippen LogP contribution < -0.4 is 0 Å². The maximum atomic E-state index is 13.1. The fourth-order valence-corrected chi connectivity index (χ4v) is 5.32. The second-order valence-corrected chi connectivity index (χ2v) is 9.50. The van der Waals surface area contributed by atoms with Gasteiger partial charge in [0, 0.05) is 49.7 Å². The number of nitrogens with zero attached hydrogens (tertiary/aromatic N) is 7. The number of hydrogen-bond donors (Lipinski definition) is 0. The molecular weight excluding hydrogens is 438 g/mol. The van der Waals surface area contributed by atoms with Crippen molar-refractivity contribution in [2.75, 3.05) is 26.2 Å². The minimum absolute atomic E-state index is 0.00274. The van der Waals surface area contributed by atoms with Crippen molar-refractivity contribution in [1.82, 2.24) is 28.8 Å². The van der Waals surface area contributed by atoms with Crippen LogP contribution in [-0.4, -0.2) is 74.2 Å². The third kappa shape index (κ3) is 3.80. The van der Waals surface area contributed by atoms with E-state index in [4.69, 9.17) is 0 Å². The highest BCUT2D eigenvalue weighted by Crippen LogP contribution is 2.25. The highest BCUT2D eigenvalue weighted by molar-refractivity contribution is 7.89. The molecule has 0 aliphatic carbocycles. The van der Waals surface area contributed by atoms with Gasteiger partial charge in [0.05, 0.1) is 9.82 Å². The van der Waals surface area contributed by atoms with Crippen molar-refractivity contribution < 1.29 is 18.1 Å². The van der Waals surface area contributed by atoms with Crippen LogP contribution in [0.4, 0.5) is 5.69 Å². The Bertz CT molecular complexity index is 1340. The number of nitro groups is 1. The summed E-state index contributed by atoms with van der Waals surface area (Å²) >= 11 is 0. The van der Waals surface area contributed by atoms with Crippen LogP contribution in [0, 0.1) is 30.9 Å². The Balaban J connectivity index is 1.52. The molecule has 0 spiro atoms. The minimum atomic E-state index is -3.95. The summed E-state index contributed by atoms with van der Waals surface area (Å²) in [6.45, 7) is 5.65. The summed E-state index contributed by atoms with van der Waals surface area (Å²) in [5.41, 5.74) is 1.68. The number of aryl methyl sites for hydroxylation is 3. The zero-order chi connectivity index (χ0) is 23.2. The van der Waals surface area contributed by atoms with E-state index in [9.17, 15) is 23.3 Å². The van der Waals surface area contributed by atoms with Gasteiger partial charge in [0.2, 0.25) is 15.8 Å². The number of non-ortho nitro benzene ring substituents is 1.